The van der Waals surface area contributed by atoms with Crippen molar-refractivity contribution < 1.29 is 14.3 Å². The van der Waals surface area contributed by atoms with Gasteiger partial charge in [-0.15, -0.1) is 10.2 Å². The zero-order chi connectivity index (χ0) is 22.1. The lowest BCUT2D eigenvalue weighted by molar-refractivity contribution is -0.134. The smallest absolute Gasteiger partial charge is 0.239 e. The van der Waals surface area contributed by atoms with Gasteiger partial charge in [0.1, 0.15) is 0 Å². The number of benzene rings is 1. The van der Waals surface area contributed by atoms with Crippen molar-refractivity contribution in [3.8, 4) is 11.4 Å². The molecule has 30 heavy (non-hydrogen) atoms. The molecule has 2 rings (SSSR count). The van der Waals surface area contributed by atoms with Crippen LogP contribution in [0.25, 0.3) is 11.4 Å². The molecule has 1 aromatic heterocycles. The number of aromatic nitrogens is 3. The van der Waals surface area contributed by atoms with Crippen LogP contribution in [0.5, 0.6) is 0 Å². The van der Waals surface area contributed by atoms with Crippen LogP contribution in [-0.2, 0) is 20.9 Å². The number of thioether (sulfide) groups is 1. The number of ether oxygens (including phenoxy) is 1. The molecular formula is C20H28ClN5O3S. The summed E-state index contributed by atoms with van der Waals surface area (Å²) in [6.07, 6.45) is 0. The minimum Gasteiger partial charge on any atom is -0.383 e. The average Bonchev–Trinajstić information content (AvgIpc) is 3.11. The lowest BCUT2D eigenvalue weighted by atomic mass is 10.2. The Kier molecular flexibility index (Phi) is 9.61. The van der Waals surface area contributed by atoms with Crippen LogP contribution < -0.4 is 5.32 Å². The van der Waals surface area contributed by atoms with Gasteiger partial charge in [0.05, 0.1) is 25.4 Å². The SMILES string of the molecule is CCN(CC(=O)NC(C)C)C(=O)CSc1nnc(-c2ccc(Cl)cc2)n1CCOC. The van der Waals surface area contributed by atoms with E-state index in [2.05, 4.69) is 15.5 Å². The Morgan fingerprint density at radius 2 is 1.97 bits per heavy atom. The topological polar surface area (TPSA) is 89.4 Å². The molecule has 8 nitrogen and oxygen atoms in total. The number of carbonyl (C=O) groups excluding carboxylic acids is 2. The van der Waals surface area contributed by atoms with E-state index < -0.39 is 0 Å². The molecule has 0 aliphatic carbocycles. The molecule has 164 valence electrons. The summed E-state index contributed by atoms with van der Waals surface area (Å²) in [5.74, 6) is 0.547. The van der Waals surface area contributed by atoms with Crippen molar-refractivity contribution in [2.24, 2.45) is 0 Å². The van der Waals surface area contributed by atoms with Crippen molar-refractivity contribution in [3.63, 3.8) is 0 Å². The fourth-order valence-electron chi connectivity index (χ4n) is 2.73. The molecule has 0 saturated heterocycles. The van der Waals surface area contributed by atoms with Crippen molar-refractivity contribution in [2.45, 2.75) is 38.5 Å². The third-order valence-corrected chi connectivity index (χ3v) is 5.39. The van der Waals surface area contributed by atoms with Gasteiger partial charge >= 0.3 is 0 Å². The standard InChI is InChI=1S/C20H28ClN5O3S/c1-5-25(12-17(27)22-14(2)3)18(28)13-30-20-24-23-19(26(20)10-11-29-4)15-6-8-16(21)9-7-15/h6-9,14H,5,10-13H2,1-4H3,(H,22,27). The molecule has 2 aromatic rings. The highest BCUT2D eigenvalue weighted by Crippen LogP contribution is 2.25. The normalized spacial score (nSPS) is 11.0. The summed E-state index contributed by atoms with van der Waals surface area (Å²) < 4.78 is 7.13. The molecule has 0 saturated carbocycles. The summed E-state index contributed by atoms with van der Waals surface area (Å²) in [7, 11) is 1.63. The molecule has 0 radical (unpaired) electrons. The number of nitrogens with one attached hydrogen (secondary N) is 1. The number of likely N-dealkylation sites (N-methyl/N-ethyl adjacent to an activating group) is 1. The molecule has 0 atom stereocenters. The zero-order valence-corrected chi connectivity index (χ0v) is 19.3. The number of hydrogen-bond donors (Lipinski definition) is 1. The summed E-state index contributed by atoms with van der Waals surface area (Å²) in [6, 6.07) is 7.38. The fourth-order valence-corrected chi connectivity index (χ4v) is 3.72. The van der Waals surface area contributed by atoms with Gasteiger partial charge in [-0.3, -0.25) is 14.2 Å². The molecule has 10 heteroatoms. The Morgan fingerprint density at radius 3 is 2.57 bits per heavy atom. The van der Waals surface area contributed by atoms with Crippen LogP contribution in [0, 0.1) is 0 Å². The minimum absolute atomic E-state index is 0.0336. The Hall–Kier alpha value is -2.10. The van der Waals surface area contributed by atoms with E-state index >= 15 is 0 Å². The first-order valence-electron chi connectivity index (χ1n) is 9.73. The summed E-state index contributed by atoms with van der Waals surface area (Å²) in [6.45, 7) is 7.15. The average molecular weight is 454 g/mol. The van der Waals surface area contributed by atoms with Crippen molar-refractivity contribution in [1.29, 1.82) is 0 Å². The largest absolute Gasteiger partial charge is 0.383 e. The molecular weight excluding hydrogens is 426 g/mol. The summed E-state index contributed by atoms with van der Waals surface area (Å²) in [5, 5.41) is 12.6. The van der Waals surface area contributed by atoms with E-state index in [-0.39, 0.29) is 30.2 Å². The second-order valence-electron chi connectivity index (χ2n) is 6.88. The van der Waals surface area contributed by atoms with Gasteiger partial charge in [-0.25, -0.2) is 0 Å². The van der Waals surface area contributed by atoms with Gasteiger partial charge in [-0.2, -0.15) is 0 Å². The highest BCUT2D eigenvalue weighted by Gasteiger charge is 2.19. The Labute approximate surface area is 186 Å². The highest BCUT2D eigenvalue weighted by molar-refractivity contribution is 7.99. The van der Waals surface area contributed by atoms with E-state index in [1.165, 1.54) is 16.7 Å². The molecule has 0 aliphatic rings. The number of halogens is 1. The number of nitrogens with zero attached hydrogens (tertiary/aromatic N) is 4. The van der Waals surface area contributed by atoms with Crippen LogP contribution in [0.1, 0.15) is 20.8 Å². The van der Waals surface area contributed by atoms with Crippen molar-refractivity contribution in [2.75, 3.05) is 32.6 Å². The van der Waals surface area contributed by atoms with Crippen molar-refractivity contribution >= 4 is 35.2 Å². The summed E-state index contributed by atoms with van der Waals surface area (Å²) in [5.41, 5.74) is 0.877. The lowest BCUT2D eigenvalue weighted by Gasteiger charge is -2.21. The number of amides is 2. The van der Waals surface area contributed by atoms with E-state index in [1.54, 1.807) is 19.2 Å². The van der Waals surface area contributed by atoms with Crippen molar-refractivity contribution in [3.05, 3.63) is 29.3 Å². The maximum atomic E-state index is 12.6. The first-order chi connectivity index (χ1) is 14.3. The molecule has 1 heterocycles. The van der Waals surface area contributed by atoms with Gasteiger partial charge in [0.2, 0.25) is 11.8 Å². The second-order valence-corrected chi connectivity index (χ2v) is 8.26. The van der Waals surface area contributed by atoms with Crippen molar-refractivity contribution in [1.82, 2.24) is 25.0 Å². The van der Waals surface area contributed by atoms with E-state index in [9.17, 15) is 9.59 Å². The molecule has 0 aliphatic heterocycles. The molecule has 2 amide bonds. The molecule has 0 spiro atoms. The molecule has 0 unspecified atom stereocenters. The quantitative estimate of drug-likeness (QED) is 0.526. The molecule has 0 fully saturated rings. The number of methoxy groups -OCH3 is 1. The second kappa shape index (κ2) is 11.9. The van der Waals surface area contributed by atoms with Gasteiger partial charge in [0.25, 0.3) is 0 Å². The van der Waals surface area contributed by atoms with Gasteiger partial charge in [0.15, 0.2) is 11.0 Å². The van der Waals surface area contributed by atoms with E-state index in [0.29, 0.717) is 35.7 Å². The first-order valence-corrected chi connectivity index (χ1v) is 11.1. The lowest BCUT2D eigenvalue weighted by Crippen LogP contribution is -2.43. The highest BCUT2D eigenvalue weighted by atomic mass is 35.5. The molecule has 0 bridgehead atoms. The van der Waals surface area contributed by atoms with Gasteiger partial charge in [-0.05, 0) is 45.0 Å². The number of rotatable bonds is 11. The van der Waals surface area contributed by atoms with Gasteiger partial charge < -0.3 is 15.0 Å². The monoisotopic (exact) mass is 453 g/mol. The number of carbonyl (C=O) groups is 2. The predicted molar refractivity (Wildman–Crippen MR) is 119 cm³/mol. The zero-order valence-electron chi connectivity index (χ0n) is 17.7. The van der Waals surface area contributed by atoms with Gasteiger partial charge in [-0.1, -0.05) is 23.4 Å². The van der Waals surface area contributed by atoms with Crippen LogP contribution in [0.4, 0.5) is 0 Å². The van der Waals surface area contributed by atoms with E-state index in [4.69, 9.17) is 16.3 Å². The van der Waals surface area contributed by atoms with Gasteiger partial charge in [0, 0.05) is 30.3 Å². The third-order valence-electron chi connectivity index (χ3n) is 4.18. The maximum Gasteiger partial charge on any atom is 0.239 e. The Morgan fingerprint density at radius 1 is 1.27 bits per heavy atom. The maximum absolute atomic E-state index is 12.6. The summed E-state index contributed by atoms with van der Waals surface area (Å²) >= 11 is 7.28. The fraction of sp³-hybridized carbons (Fsp3) is 0.500. The van der Waals surface area contributed by atoms with E-state index in [0.717, 1.165) is 5.56 Å². The number of hydrogen-bond acceptors (Lipinski definition) is 6. The van der Waals surface area contributed by atoms with Crippen LogP contribution in [0.2, 0.25) is 5.02 Å². The Bertz CT molecular complexity index is 841. The third kappa shape index (κ3) is 7.00. The minimum atomic E-state index is -0.168. The Balaban J connectivity index is 2.10. The predicted octanol–water partition coefficient (Wildman–Crippen LogP) is 2.71. The van der Waals surface area contributed by atoms with Crippen LogP contribution >= 0.6 is 23.4 Å². The molecule has 1 aromatic carbocycles. The molecule has 1 N–H and O–H groups in total. The van der Waals surface area contributed by atoms with Crippen LogP contribution in [0.3, 0.4) is 0 Å². The van der Waals surface area contributed by atoms with Crippen LogP contribution in [-0.4, -0.2) is 70.1 Å². The van der Waals surface area contributed by atoms with Crippen LogP contribution in [0.15, 0.2) is 29.4 Å². The van der Waals surface area contributed by atoms with E-state index in [1.807, 2.05) is 37.5 Å². The summed E-state index contributed by atoms with van der Waals surface area (Å²) in [4.78, 5) is 26.2. The first kappa shape index (κ1) is 24.2.